The van der Waals surface area contributed by atoms with Crippen LogP contribution in [0, 0.1) is 0 Å². The molecule has 1 N–H and O–H groups in total. The highest BCUT2D eigenvalue weighted by atomic mass is 35.5. The van der Waals surface area contributed by atoms with Crippen LogP contribution in [0.4, 0.5) is 4.79 Å². The molecule has 2 rings (SSSR count). The number of aliphatic hydroxyl groups is 1. The van der Waals surface area contributed by atoms with E-state index in [2.05, 4.69) is 0 Å². The number of aliphatic hydroxyl groups excluding tert-OH is 1. The lowest BCUT2D eigenvalue weighted by molar-refractivity contribution is 0.0104. The number of rotatable bonds is 3. The van der Waals surface area contributed by atoms with Crippen molar-refractivity contribution >= 4 is 29.3 Å². The van der Waals surface area contributed by atoms with Crippen LogP contribution in [0.1, 0.15) is 64.5 Å². The monoisotopic (exact) mass is 387 g/mol. The van der Waals surface area contributed by atoms with Crippen molar-refractivity contribution in [1.82, 2.24) is 4.90 Å². The first-order chi connectivity index (χ1) is 11.7. The molecule has 1 heterocycles. The Hall–Kier alpha value is -0.970. The third-order valence-electron chi connectivity index (χ3n) is 4.34. The number of carbonyl (C=O) groups is 1. The van der Waals surface area contributed by atoms with E-state index in [9.17, 15) is 9.90 Å². The Bertz CT molecular complexity index is 601. The average molecular weight is 388 g/mol. The molecule has 0 radical (unpaired) electrons. The Labute approximate surface area is 160 Å². The third kappa shape index (κ3) is 5.77. The maximum atomic E-state index is 12.6. The van der Waals surface area contributed by atoms with Gasteiger partial charge in [0.25, 0.3) is 0 Å². The zero-order valence-electron chi connectivity index (χ0n) is 15.1. The minimum Gasteiger partial charge on any atom is -0.444 e. The van der Waals surface area contributed by atoms with Gasteiger partial charge in [-0.25, -0.2) is 4.79 Å². The first-order valence-electron chi connectivity index (χ1n) is 8.80. The van der Waals surface area contributed by atoms with Crippen molar-refractivity contribution in [3.8, 4) is 0 Å². The molecule has 1 aliphatic heterocycles. The molecule has 2 unspecified atom stereocenters. The van der Waals surface area contributed by atoms with Gasteiger partial charge in [-0.2, -0.15) is 0 Å². The smallest absolute Gasteiger partial charge is 0.410 e. The number of hydrogen-bond acceptors (Lipinski definition) is 3. The maximum Gasteiger partial charge on any atom is 0.410 e. The summed E-state index contributed by atoms with van der Waals surface area (Å²) in [5.41, 5.74) is 0.0607. The Balaban J connectivity index is 2.15. The van der Waals surface area contributed by atoms with Crippen molar-refractivity contribution in [3.05, 3.63) is 33.8 Å². The standard InChI is InChI=1S/C19H27Cl2NO3/c1-19(2,3)25-18(24)22-11-6-4-5-8-13(22)12-16(23)14-9-7-10-15(20)17(14)21/h7,9-10,13,16,23H,4-6,8,11-12H2,1-3H3. The van der Waals surface area contributed by atoms with Gasteiger partial charge in [0.2, 0.25) is 0 Å². The summed E-state index contributed by atoms with van der Waals surface area (Å²) >= 11 is 12.3. The number of hydrogen-bond donors (Lipinski definition) is 1. The molecular weight excluding hydrogens is 361 g/mol. The highest BCUT2D eigenvalue weighted by Gasteiger charge is 2.31. The Morgan fingerprint density at radius 3 is 2.72 bits per heavy atom. The molecule has 0 aromatic heterocycles. The SMILES string of the molecule is CC(C)(C)OC(=O)N1CCCCCC1CC(O)c1cccc(Cl)c1Cl. The topological polar surface area (TPSA) is 49.8 Å². The van der Waals surface area contributed by atoms with E-state index < -0.39 is 11.7 Å². The van der Waals surface area contributed by atoms with E-state index in [0.717, 1.165) is 25.7 Å². The quantitative estimate of drug-likeness (QED) is 0.734. The molecule has 1 fully saturated rings. The predicted molar refractivity (Wildman–Crippen MR) is 101 cm³/mol. The summed E-state index contributed by atoms with van der Waals surface area (Å²) < 4.78 is 5.55. The molecule has 0 bridgehead atoms. The first-order valence-corrected chi connectivity index (χ1v) is 9.56. The van der Waals surface area contributed by atoms with Crippen LogP contribution in [0.5, 0.6) is 0 Å². The molecule has 0 aliphatic carbocycles. The predicted octanol–water partition coefficient (Wildman–Crippen LogP) is 5.60. The van der Waals surface area contributed by atoms with Crippen molar-refractivity contribution in [3.63, 3.8) is 0 Å². The lowest BCUT2D eigenvalue weighted by atomic mass is 9.98. The normalized spacial score (nSPS) is 20.1. The molecule has 1 saturated heterocycles. The summed E-state index contributed by atoms with van der Waals surface area (Å²) in [6.07, 6.45) is 3.21. The maximum absolute atomic E-state index is 12.6. The Morgan fingerprint density at radius 1 is 1.32 bits per heavy atom. The molecule has 1 aromatic rings. The van der Waals surface area contributed by atoms with E-state index in [0.29, 0.717) is 28.6 Å². The van der Waals surface area contributed by atoms with Crippen molar-refractivity contribution < 1.29 is 14.6 Å². The van der Waals surface area contributed by atoms with E-state index in [1.165, 1.54) is 0 Å². The fourth-order valence-electron chi connectivity index (χ4n) is 3.15. The van der Waals surface area contributed by atoms with Gasteiger partial charge in [0.15, 0.2) is 0 Å². The van der Waals surface area contributed by atoms with E-state index in [-0.39, 0.29) is 12.1 Å². The second kappa shape index (κ2) is 8.61. The van der Waals surface area contributed by atoms with Gasteiger partial charge in [0.05, 0.1) is 16.1 Å². The number of benzene rings is 1. The molecule has 1 amide bonds. The van der Waals surface area contributed by atoms with Gasteiger partial charge in [-0.15, -0.1) is 0 Å². The molecule has 6 heteroatoms. The summed E-state index contributed by atoms with van der Waals surface area (Å²) in [5, 5.41) is 11.5. The van der Waals surface area contributed by atoms with E-state index in [4.69, 9.17) is 27.9 Å². The molecule has 25 heavy (non-hydrogen) atoms. The number of halogens is 2. The van der Waals surface area contributed by atoms with E-state index in [1.54, 1.807) is 23.1 Å². The molecule has 140 valence electrons. The zero-order chi connectivity index (χ0) is 18.6. The van der Waals surface area contributed by atoms with Crippen LogP contribution in [0.15, 0.2) is 18.2 Å². The van der Waals surface area contributed by atoms with Gasteiger partial charge in [-0.3, -0.25) is 0 Å². The van der Waals surface area contributed by atoms with Crippen LogP contribution in [0.3, 0.4) is 0 Å². The number of amides is 1. The molecule has 2 atom stereocenters. The van der Waals surface area contributed by atoms with Gasteiger partial charge in [-0.1, -0.05) is 48.2 Å². The van der Waals surface area contributed by atoms with Crippen LogP contribution in [-0.4, -0.2) is 34.3 Å². The molecular formula is C19H27Cl2NO3. The lowest BCUT2D eigenvalue weighted by Gasteiger charge is -2.33. The second-order valence-corrected chi connectivity index (χ2v) is 8.36. The molecule has 0 spiro atoms. The zero-order valence-corrected chi connectivity index (χ0v) is 16.6. The summed E-state index contributed by atoms with van der Waals surface area (Å²) in [6.45, 7) is 6.23. The summed E-state index contributed by atoms with van der Waals surface area (Å²) in [4.78, 5) is 14.4. The van der Waals surface area contributed by atoms with Crippen molar-refractivity contribution in [2.45, 2.75) is 70.6 Å². The van der Waals surface area contributed by atoms with Crippen molar-refractivity contribution in [2.75, 3.05) is 6.54 Å². The number of carbonyl (C=O) groups excluding carboxylic acids is 1. The van der Waals surface area contributed by atoms with Crippen LogP contribution >= 0.6 is 23.2 Å². The largest absolute Gasteiger partial charge is 0.444 e. The first kappa shape index (κ1) is 20.3. The summed E-state index contributed by atoms with van der Waals surface area (Å²) in [6, 6.07) is 5.15. The molecule has 0 saturated carbocycles. The van der Waals surface area contributed by atoms with E-state index >= 15 is 0 Å². The lowest BCUT2D eigenvalue weighted by Crippen LogP contribution is -2.43. The van der Waals surface area contributed by atoms with Gasteiger partial charge in [0.1, 0.15) is 5.60 Å². The van der Waals surface area contributed by atoms with Gasteiger partial charge in [-0.05, 0) is 46.1 Å². The van der Waals surface area contributed by atoms with Gasteiger partial charge < -0.3 is 14.7 Å². The van der Waals surface area contributed by atoms with Crippen molar-refractivity contribution in [2.24, 2.45) is 0 Å². The summed E-state index contributed by atoms with van der Waals surface area (Å²) in [7, 11) is 0. The van der Waals surface area contributed by atoms with Crippen LogP contribution in [0.2, 0.25) is 10.0 Å². The Kier molecular flexibility index (Phi) is 7.01. The molecule has 1 aliphatic rings. The highest BCUT2D eigenvalue weighted by molar-refractivity contribution is 6.42. The number of likely N-dealkylation sites (tertiary alicyclic amines) is 1. The van der Waals surface area contributed by atoms with Crippen molar-refractivity contribution in [1.29, 1.82) is 0 Å². The highest BCUT2D eigenvalue weighted by Crippen LogP contribution is 2.34. The van der Waals surface area contributed by atoms with Crippen LogP contribution < -0.4 is 0 Å². The fraction of sp³-hybridized carbons (Fsp3) is 0.632. The second-order valence-electron chi connectivity index (χ2n) is 7.57. The van der Waals surface area contributed by atoms with Crippen LogP contribution in [0.25, 0.3) is 0 Å². The third-order valence-corrected chi connectivity index (χ3v) is 5.17. The molecule has 1 aromatic carbocycles. The Morgan fingerprint density at radius 2 is 2.04 bits per heavy atom. The minimum absolute atomic E-state index is 0.0811. The number of ether oxygens (including phenoxy) is 1. The number of nitrogens with zero attached hydrogens (tertiary/aromatic N) is 1. The van der Waals surface area contributed by atoms with Gasteiger partial charge in [0, 0.05) is 18.2 Å². The van der Waals surface area contributed by atoms with Gasteiger partial charge >= 0.3 is 6.09 Å². The summed E-state index contributed by atoms with van der Waals surface area (Å²) in [5.74, 6) is 0. The fourth-order valence-corrected chi connectivity index (χ4v) is 3.58. The minimum atomic E-state index is -0.778. The average Bonchev–Trinajstić information content (AvgIpc) is 2.73. The molecule has 4 nitrogen and oxygen atoms in total. The van der Waals surface area contributed by atoms with E-state index in [1.807, 2.05) is 20.8 Å². The van der Waals surface area contributed by atoms with Crippen LogP contribution in [-0.2, 0) is 4.74 Å².